The summed E-state index contributed by atoms with van der Waals surface area (Å²) in [7, 11) is 1.35. The second kappa shape index (κ2) is 5.96. The highest BCUT2D eigenvalue weighted by atomic mass is 35.5. The van der Waals surface area contributed by atoms with Gasteiger partial charge in [0.05, 0.1) is 17.7 Å². The summed E-state index contributed by atoms with van der Waals surface area (Å²) in [6.07, 6.45) is -3.62. The topological polar surface area (TPSA) is 63.8 Å². The first-order chi connectivity index (χ1) is 11.7. The van der Waals surface area contributed by atoms with E-state index in [0.717, 1.165) is 22.6 Å². The van der Waals surface area contributed by atoms with Crippen LogP contribution in [-0.2, 0) is 6.18 Å². The van der Waals surface area contributed by atoms with Crippen LogP contribution in [0.5, 0.6) is 11.5 Å². The molecule has 0 amide bonds. The zero-order chi connectivity index (χ0) is 18.4. The van der Waals surface area contributed by atoms with Crippen LogP contribution in [0.1, 0.15) is 5.69 Å². The molecule has 0 unspecified atom stereocenters. The van der Waals surface area contributed by atoms with E-state index < -0.39 is 23.0 Å². The average Bonchev–Trinajstić information content (AvgIpc) is 2.54. The molecule has 0 radical (unpaired) electrons. The molecule has 0 bridgehead atoms. The molecule has 2 aromatic heterocycles. The predicted octanol–water partition coefficient (Wildman–Crippen LogP) is 3.75. The molecule has 0 spiro atoms. The minimum absolute atomic E-state index is 0.172. The third kappa shape index (κ3) is 3.00. The monoisotopic (exact) mass is 370 g/mol. The molecule has 0 atom stereocenters. The molecule has 1 aromatic carbocycles. The van der Waals surface area contributed by atoms with Crippen molar-refractivity contribution in [1.82, 2.24) is 9.38 Å². The van der Waals surface area contributed by atoms with Crippen LogP contribution < -0.4 is 10.3 Å². The number of benzene rings is 1. The molecule has 3 aromatic rings. The number of aromatic hydroxyl groups is 1. The minimum atomic E-state index is -4.88. The summed E-state index contributed by atoms with van der Waals surface area (Å²) in [6.45, 7) is 0. The molecule has 5 nitrogen and oxygen atoms in total. The highest BCUT2D eigenvalue weighted by Gasteiger charge is 2.38. The van der Waals surface area contributed by atoms with Crippen LogP contribution in [-0.4, -0.2) is 21.6 Å². The molecule has 2 heterocycles. The van der Waals surface area contributed by atoms with Gasteiger partial charge in [-0.2, -0.15) is 13.2 Å². The van der Waals surface area contributed by atoms with Crippen molar-refractivity contribution in [2.24, 2.45) is 0 Å². The number of phenolic OH excluding ortho intramolecular Hbond substituents is 1. The van der Waals surface area contributed by atoms with E-state index in [9.17, 15) is 23.1 Å². The number of fused-ring (bicyclic) bond motifs is 1. The Labute approximate surface area is 143 Å². The summed E-state index contributed by atoms with van der Waals surface area (Å²) < 4.78 is 46.4. The maximum atomic E-state index is 13.5. The van der Waals surface area contributed by atoms with Crippen LogP contribution in [0.25, 0.3) is 16.8 Å². The quantitative estimate of drug-likeness (QED) is 0.746. The Bertz CT molecular complexity index is 1030. The standard InChI is InChI=1S/C16H10ClF3N2O3/c1-25-9-4-5-22-12(7-9)21-14(16(18,19)20)13(15(22)24)10-3-2-8(23)6-11(10)17/h2-7,23H,1H3. The van der Waals surface area contributed by atoms with Crippen molar-refractivity contribution in [3.8, 4) is 22.6 Å². The maximum absolute atomic E-state index is 13.5. The fourth-order valence-corrected chi connectivity index (χ4v) is 2.67. The summed E-state index contributed by atoms with van der Waals surface area (Å²) in [5.74, 6) is 0.0244. The highest BCUT2D eigenvalue weighted by molar-refractivity contribution is 6.33. The summed E-state index contributed by atoms with van der Waals surface area (Å²) in [5.41, 5.74) is -3.38. The van der Waals surface area contributed by atoms with Crippen molar-refractivity contribution in [2.75, 3.05) is 7.11 Å². The van der Waals surface area contributed by atoms with Crippen LogP contribution >= 0.6 is 11.6 Å². The Morgan fingerprint density at radius 1 is 1.24 bits per heavy atom. The van der Waals surface area contributed by atoms with Crippen LogP contribution in [0.3, 0.4) is 0 Å². The number of hydrogen-bond donors (Lipinski definition) is 1. The van der Waals surface area contributed by atoms with Crippen molar-refractivity contribution in [3.05, 3.63) is 57.6 Å². The Balaban J connectivity index is 2.44. The van der Waals surface area contributed by atoms with Gasteiger partial charge in [0.15, 0.2) is 5.69 Å². The Morgan fingerprint density at radius 2 is 1.96 bits per heavy atom. The number of methoxy groups -OCH3 is 1. The SMILES string of the molecule is COc1ccn2c(=O)c(-c3ccc(O)cc3Cl)c(C(F)(F)F)nc2c1. The number of aromatic nitrogens is 2. The first kappa shape index (κ1) is 17.1. The summed E-state index contributed by atoms with van der Waals surface area (Å²) in [5, 5.41) is 9.20. The first-order valence-electron chi connectivity index (χ1n) is 6.89. The lowest BCUT2D eigenvalue weighted by Crippen LogP contribution is -2.24. The molecule has 0 fully saturated rings. The molecule has 1 N–H and O–H groups in total. The van der Waals surface area contributed by atoms with Gasteiger partial charge >= 0.3 is 6.18 Å². The lowest BCUT2D eigenvalue weighted by Gasteiger charge is -2.14. The minimum Gasteiger partial charge on any atom is -0.508 e. The fraction of sp³-hybridized carbons (Fsp3) is 0.125. The van der Waals surface area contributed by atoms with E-state index in [-0.39, 0.29) is 27.7 Å². The zero-order valence-corrected chi connectivity index (χ0v) is 13.4. The van der Waals surface area contributed by atoms with Gasteiger partial charge in [-0.25, -0.2) is 4.98 Å². The van der Waals surface area contributed by atoms with Gasteiger partial charge in [0.2, 0.25) is 0 Å². The van der Waals surface area contributed by atoms with Crippen molar-refractivity contribution in [1.29, 1.82) is 0 Å². The van der Waals surface area contributed by atoms with Gasteiger partial charge in [0, 0.05) is 17.8 Å². The molecule has 3 rings (SSSR count). The second-order valence-electron chi connectivity index (χ2n) is 5.10. The van der Waals surface area contributed by atoms with Crippen LogP contribution in [0.15, 0.2) is 41.3 Å². The molecular weight excluding hydrogens is 361 g/mol. The lowest BCUT2D eigenvalue weighted by molar-refractivity contribution is -0.140. The molecule has 0 saturated carbocycles. The maximum Gasteiger partial charge on any atom is 0.434 e. The van der Waals surface area contributed by atoms with E-state index in [4.69, 9.17) is 16.3 Å². The first-order valence-corrected chi connectivity index (χ1v) is 7.26. The molecule has 130 valence electrons. The smallest absolute Gasteiger partial charge is 0.434 e. The highest BCUT2D eigenvalue weighted by Crippen LogP contribution is 2.37. The Kier molecular flexibility index (Phi) is 4.08. The summed E-state index contributed by atoms with van der Waals surface area (Å²) in [4.78, 5) is 16.3. The van der Waals surface area contributed by atoms with Gasteiger partial charge < -0.3 is 9.84 Å². The fourth-order valence-electron chi connectivity index (χ4n) is 2.40. The molecule has 0 aliphatic carbocycles. The summed E-state index contributed by atoms with van der Waals surface area (Å²) in [6, 6.07) is 5.98. The summed E-state index contributed by atoms with van der Waals surface area (Å²) >= 11 is 5.93. The van der Waals surface area contributed by atoms with Crippen LogP contribution in [0.4, 0.5) is 13.2 Å². The van der Waals surface area contributed by atoms with Gasteiger partial charge in [-0.15, -0.1) is 0 Å². The predicted molar refractivity (Wildman–Crippen MR) is 85.1 cm³/mol. The number of rotatable bonds is 2. The molecule has 9 heteroatoms. The third-order valence-electron chi connectivity index (χ3n) is 3.53. The number of ether oxygens (including phenoxy) is 1. The number of phenols is 1. The van der Waals surface area contributed by atoms with Crippen LogP contribution in [0, 0.1) is 0 Å². The van der Waals surface area contributed by atoms with Gasteiger partial charge in [-0.05, 0) is 24.3 Å². The largest absolute Gasteiger partial charge is 0.508 e. The Hall–Kier alpha value is -2.74. The number of alkyl halides is 3. The third-order valence-corrected chi connectivity index (χ3v) is 3.84. The van der Waals surface area contributed by atoms with Crippen molar-refractivity contribution in [3.63, 3.8) is 0 Å². The molecule has 25 heavy (non-hydrogen) atoms. The van der Waals surface area contributed by atoms with E-state index in [1.54, 1.807) is 0 Å². The Morgan fingerprint density at radius 3 is 2.56 bits per heavy atom. The van der Waals surface area contributed by atoms with Crippen molar-refractivity contribution in [2.45, 2.75) is 6.18 Å². The van der Waals surface area contributed by atoms with Gasteiger partial charge in [-0.3, -0.25) is 9.20 Å². The van der Waals surface area contributed by atoms with Crippen molar-refractivity contribution < 1.29 is 23.0 Å². The number of hydrogen-bond acceptors (Lipinski definition) is 4. The normalized spacial score (nSPS) is 11.7. The second-order valence-corrected chi connectivity index (χ2v) is 5.50. The number of pyridine rings is 1. The number of halogens is 4. The molecular formula is C16H10ClF3N2O3. The van der Waals surface area contributed by atoms with E-state index in [1.807, 2.05) is 0 Å². The van der Waals surface area contributed by atoms with Gasteiger partial charge in [0.25, 0.3) is 5.56 Å². The van der Waals surface area contributed by atoms with Crippen LogP contribution in [0.2, 0.25) is 5.02 Å². The van der Waals surface area contributed by atoms with E-state index >= 15 is 0 Å². The van der Waals surface area contributed by atoms with Gasteiger partial charge in [-0.1, -0.05) is 11.6 Å². The van der Waals surface area contributed by atoms with E-state index in [0.29, 0.717) is 0 Å². The average molecular weight is 371 g/mol. The van der Waals surface area contributed by atoms with E-state index in [1.165, 1.54) is 25.4 Å². The number of nitrogens with zero attached hydrogens (tertiary/aromatic N) is 2. The van der Waals surface area contributed by atoms with Gasteiger partial charge in [0.1, 0.15) is 17.1 Å². The zero-order valence-electron chi connectivity index (χ0n) is 12.6. The molecule has 0 aliphatic rings. The van der Waals surface area contributed by atoms with E-state index in [2.05, 4.69) is 4.98 Å². The van der Waals surface area contributed by atoms with Crippen molar-refractivity contribution >= 4 is 17.2 Å². The molecule has 0 aliphatic heterocycles. The lowest BCUT2D eigenvalue weighted by atomic mass is 10.0. The molecule has 0 saturated heterocycles.